The van der Waals surface area contributed by atoms with Gasteiger partial charge in [-0.05, 0) is 47.5 Å². The lowest BCUT2D eigenvalue weighted by Gasteiger charge is -2.16. The van der Waals surface area contributed by atoms with Gasteiger partial charge < -0.3 is 14.8 Å². The molecule has 0 atom stereocenters. The Kier molecular flexibility index (Phi) is 5.01. The van der Waals surface area contributed by atoms with Crippen molar-refractivity contribution in [2.75, 3.05) is 12.1 Å². The molecule has 3 aromatic carbocycles. The molecule has 6 nitrogen and oxygen atoms in total. The standard InChI is InChI=1S/C24H15F3N2O4/c25-15-4-2-14(3-5-15)21-22(28-16-6-7-17(26)18(27)10-16)24(31)29(23(21)30)11-13-1-8-19-20(9-13)33-12-32-19/h1-10,28H,11-12H2. The van der Waals surface area contributed by atoms with E-state index in [1.165, 1.54) is 18.2 Å². The Morgan fingerprint density at radius 2 is 1.58 bits per heavy atom. The van der Waals surface area contributed by atoms with E-state index in [9.17, 15) is 22.8 Å². The molecule has 0 saturated carbocycles. The molecule has 0 aromatic heterocycles. The maximum Gasteiger partial charge on any atom is 0.278 e. The van der Waals surface area contributed by atoms with Crippen LogP contribution in [0.15, 0.2) is 66.4 Å². The molecule has 0 unspecified atom stereocenters. The predicted molar refractivity (Wildman–Crippen MR) is 111 cm³/mol. The van der Waals surface area contributed by atoms with E-state index < -0.39 is 29.3 Å². The molecule has 33 heavy (non-hydrogen) atoms. The minimum absolute atomic E-state index is 0.00882. The normalized spacial score (nSPS) is 14.9. The highest BCUT2D eigenvalue weighted by molar-refractivity contribution is 6.36. The van der Waals surface area contributed by atoms with E-state index in [2.05, 4.69) is 5.32 Å². The van der Waals surface area contributed by atoms with Crippen LogP contribution >= 0.6 is 0 Å². The number of halogens is 3. The molecule has 5 rings (SSSR count). The number of hydrogen-bond acceptors (Lipinski definition) is 5. The molecule has 2 aliphatic rings. The molecule has 2 aliphatic heterocycles. The zero-order valence-corrected chi connectivity index (χ0v) is 16.9. The van der Waals surface area contributed by atoms with Gasteiger partial charge in [0.1, 0.15) is 11.5 Å². The van der Waals surface area contributed by atoms with Crippen molar-refractivity contribution in [1.82, 2.24) is 4.90 Å². The molecular weight excluding hydrogens is 437 g/mol. The lowest BCUT2D eigenvalue weighted by molar-refractivity contribution is -0.137. The third kappa shape index (κ3) is 3.78. The summed E-state index contributed by atoms with van der Waals surface area (Å²) in [5.41, 5.74) is 0.861. The molecule has 2 amide bonds. The van der Waals surface area contributed by atoms with Crippen molar-refractivity contribution in [1.29, 1.82) is 0 Å². The third-order valence-electron chi connectivity index (χ3n) is 5.27. The number of nitrogens with zero attached hydrogens (tertiary/aromatic N) is 1. The van der Waals surface area contributed by atoms with Gasteiger partial charge in [0.15, 0.2) is 23.1 Å². The summed E-state index contributed by atoms with van der Waals surface area (Å²) in [4.78, 5) is 27.5. The Hall–Kier alpha value is -4.27. The van der Waals surface area contributed by atoms with Crippen molar-refractivity contribution >= 4 is 23.1 Å². The second-order valence-electron chi connectivity index (χ2n) is 7.39. The maximum atomic E-state index is 13.7. The second kappa shape index (κ2) is 8.01. The van der Waals surface area contributed by atoms with Gasteiger partial charge in [-0.2, -0.15) is 0 Å². The van der Waals surface area contributed by atoms with Crippen molar-refractivity contribution in [3.63, 3.8) is 0 Å². The quantitative estimate of drug-likeness (QED) is 0.587. The zero-order chi connectivity index (χ0) is 23.1. The number of anilines is 1. The zero-order valence-electron chi connectivity index (χ0n) is 16.9. The van der Waals surface area contributed by atoms with Crippen molar-refractivity contribution in [2.45, 2.75) is 6.54 Å². The van der Waals surface area contributed by atoms with E-state index in [4.69, 9.17) is 9.47 Å². The smallest absolute Gasteiger partial charge is 0.278 e. The fraction of sp³-hybridized carbons (Fsp3) is 0.0833. The molecule has 0 aliphatic carbocycles. The largest absolute Gasteiger partial charge is 0.454 e. The molecule has 2 heterocycles. The highest BCUT2D eigenvalue weighted by Gasteiger charge is 2.39. The fourth-order valence-electron chi connectivity index (χ4n) is 3.66. The van der Waals surface area contributed by atoms with Gasteiger partial charge in [-0.1, -0.05) is 18.2 Å². The van der Waals surface area contributed by atoms with Crippen LogP contribution in [0.5, 0.6) is 11.5 Å². The van der Waals surface area contributed by atoms with Crippen LogP contribution in [0.1, 0.15) is 11.1 Å². The van der Waals surface area contributed by atoms with Crippen LogP contribution < -0.4 is 14.8 Å². The van der Waals surface area contributed by atoms with Crippen molar-refractivity contribution in [3.05, 3.63) is 94.9 Å². The summed E-state index contributed by atoms with van der Waals surface area (Å²) < 4.78 is 51.1. The summed E-state index contributed by atoms with van der Waals surface area (Å²) in [6.45, 7) is 0.0148. The number of benzene rings is 3. The Balaban J connectivity index is 1.51. The number of rotatable bonds is 5. The first-order valence-electron chi connectivity index (χ1n) is 9.88. The summed E-state index contributed by atoms with van der Waals surface area (Å²) in [5, 5.41) is 2.73. The average Bonchev–Trinajstić information content (AvgIpc) is 3.35. The van der Waals surface area contributed by atoms with Gasteiger partial charge >= 0.3 is 0 Å². The van der Waals surface area contributed by atoms with Crippen LogP contribution in [0, 0.1) is 17.5 Å². The summed E-state index contributed by atoms with van der Waals surface area (Å²) in [5.74, 6) is -2.90. The summed E-state index contributed by atoms with van der Waals surface area (Å²) in [6, 6.07) is 13.1. The summed E-state index contributed by atoms with van der Waals surface area (Å²) in [6.07, 6.45) is 0. The highest BCUT2D eigenvalue weighted by Crippen LogP contribution is 2.35. The molecule has 1 N–H and O–H groups in total. The molecule has 3 aromatic rings. The Morgan fingerprint density at radius 3 is 2.33 bits per heavy atom. The number of hydrogen-bond donors (Lipinski definition) is 1. The average molecular weight is 452 g/mol. The summed E-state index contributed by atoms with van der Waals surface area (Å²) >= 11 is 0. The maximum absolute atomic E-state index is 13.7. The van der Waals surface area contributed by atoms with Gasteiger partial charge in [-0.15, -0.1) is 0 Å². The van der Waals surface area contributed by atoms with E-state index in [1.54, 1.807) is 18.2 Å². The minimum Gasteiger partial charge on any atom is -0.454 e. The van der Waals surface area contributed by atoms with Crippen molar-refractivity contribution < 1.29 is 32.2 Å². The number of ether oxygens (including phenoxy) is 2. The van der Waals surface area contributed by atoms with Gasteiger partial charge in [-0.25, -0.2) is 13.2 Å². The van der Waals surface area contributed by atoms with Crippen molar-refractivity contribution in [2.24, 2.45) is 0 Å². The van der Waals surface area contributed by atoms with Crippen LogP contribution in [0.3, 0.4) is 0 Å². The monoisotopic (exact) mass is 452 g/mol. The summed E-state index contributed by atoms with van der Waals surface area (Å²) in [7, 11) is 0. The van der Waals surface area contributed by atoms with Crippen LogP contribution in [0.2, 0.25) is 0 Å². The number of nitrogens with one attached hydrogen (secondary N) is 1. The Bertz CT molecular complexity index is 1320. The number of carbonyl (C=O) groups excluding carboxylic acids is 2. The van der Waals surface area contributed by atoms with E-state index >= 15 is 0 Å². The van der Waals surface area contributed by atoms with Gasteiger partial charge in [0, 0.05) is 11.8 Å². The third-order valence-corrected chi connectivity index (χ3v) is 5.27. The molecular formula is C24H15F3N2O4. The molecule has 166 valence electrons. The molecule has 9 heteroatoms. The van der Waals surface area contributed by atoms with Crippen LogP contribution in [-0.4, -0.2) is 23.5 Å². The van der Waals surface area contributed by atoms with Gasteiger partial charge in [-0.3, -0.25) is 14.5 Å². The predicted octanol–water partition coefficient (Wildman–Crippen LogP) is 4.22. The number of fused-ring (bicyclic) bond motifs is 1. The van der Waals surface area contributed by atoms with E-state index in [-0.39, 0.29) is 30.3 Å². The van der Waals surface area contributed by atoms with E-state index in [1.807, 2.05) is 0 Å². The first-order chi connectivity index (χ1) is 15.9. The SMILES string of the molecule is O=C1C(Nc2ccc(F)c(F)c2)=C(c2ccc(F)cc2)C(=O)N1Cc1ccc2c(c1)OCO2. The lowest BCUT2D eigenvalue weighted by Crippen LogP contribution is -2.32. The highest BCUT2D eigenvalue weighted by atomic mass is 19.2. The van der Waals surface area contributed by atoms with Gasteiger partial charge in [0.25, 0.3) is 11.8 Å². The second-order valence-corrected chi connectivity index (χ2v) is 7.39. The van der Waals surface area contributed by atoms with E-state index in [0.29, 0.717) is 22.6 Å². The minimum atomic E-state index is -1.11. The van der Waals surface area contributed by atoms with Crippen LogP contribution in [0.4, 0.5) is 18.9 Å². The van der Waals surface area contributed by atoms with Gasteiger partial charge in [0.05, 0.1) is 12.1 Å². The number of imide groups is 1. The fourth-order valence-corrected chi connectivity index (χ4v) is 3.66. The van der Waals surface area contributed by atoms with E-state index in [0.717, 1.165) is 29.2 Å². The molecule has 0 fully saturated rings. The topological polar surface area (TPSA) is 67.9 Å². The first kappa shape index (κ1) is 20.6. The Morgan fingerprint density at radius 1 is 0.818 bits per heavy atom. The lowest BCUT2D eigenvalue weighted by atomic mass is 10.0. The molecule has 0 spiro atoms. The van der Waals surface area contributed by atoms with Crippen LogP contribution in [0.25, 0.3) is 5.57 Å². The number of amides is 2. The molecule has 0 saturated heterocycles. The Labute approximate surface area is 185 Å². The first-order valence-corrected chi connectivity index (χ1v) is 9.88. The number of carbonyl (C=O) groups is 2. The molecule has 0 radical (unpaired) electrons. The molecule has 0 bridgehead atoms. The van der Waals surface area contributed by atoms with Gasteiger partial charge in [0.2, 0.25) is 6.79 Å². The van der Waals surface area contributed by atoms with Crippen molar-refractivity contribution in [3.8, 4) is 11.5 Å². The van der Waals surface area contributed by atoms with Crippen LogP contribution in [-0.2, 0) is 16.1 Å².